The van der Waals surface area contributed by atoms with Gasteiger partial charge in [0.05, 0.1) is 11.6 Å². The SMILES string of the molecule is CCOc1ccc(CC(CC)NC)cc1Cl. The molecule has 1 atom stereocenters. The molecule has 0 heterocycles. The summed E-state index contributed by atoms with van der Waals surface area (Å²) in [5.41, 5.74) is 1.25. The topological polar surface area (TPSA) is 21.3 Å². The lowest BCUT2D eigenvalue weighted by Gasteiger charge is -2.14. The first-order valence-electron chi connectivity index (χ1n) is 5.79. The van der Waals surface area contributed by atoms with E-state index in [1.807, 2.05) is 26.1 Å². The van der Waals surface area contributed by atoms with Crippen LogP contribution in [0.5, 0.6) is 5.75 Å². The Balaban J connectivity index is 2.72. The van der Waals surface area contributed by atoms with Gasteiger partial charge in [0, 0.05) is 6.04 Å². The van der Waals surface area contributed by atoms with E-state index in [0.717, 1.165) is 18.6 Å². The van der Waals surface area contributed by atoms with Gasteiger partial charge in [0.25, 0.3) is 0 Å². The molecule has 0 aliphatic rings. The van der Waals surface area contributed by atoms with Crippen molar-refractivity contribution in [2.24, 2.45) is 0 Å². The summed E-state index contributed by atoms with van der Waals surface area (Å²) in [6.07, 6.45) is 2.11. The number of ether oxygens (including phenoxy) is 1. The molecule has 2 nitrogen and oxygen atoms in total. The van der Waals surface area contributed by atoms with Gasteiger partial charge in [-0.15, -0.1) is 0 Å². The van der Waals surface area contributed by atoms with Crippen molar-refractivity contribution in [1.29, 1.82) is 0 Å². The smallest absolute Gasteiger partial charge is 0.137 e. The maximum atomic E-state index is 6.13. The molecule has 1 aromatic rings. The van der Waals surface area contributed by atoms with Crippen LogP contribution in [-0.2, 0) is 6.42 Å². The maximum Gasteiger partial charge on any atom is 0.137 e. The van der Waals surface area contributed by atoms with Crippen molar-refractivity contribution in [2.45, 2.75) is 32.7 Å². The van der Waals surface area contributed by atoms with Crippen LogP contribution in [0, 0.1) is 0 Å². The van der Waals surface area contributed by atoms with E-state index in [9.17, 15) is 0 Å². The highest BCUT2D eigenvalue weighted by atomic mass is 35.5. The fourth-order valence-electron chi connectivity index (χ4n) is 1.68. The third-order valence-corrected chi connectivity index (χ3v) is 2.97. The Morgan fingerprint density at radius 3 is 2.62 bits per heavy atom. The molecule has 3 heteroatoms. The summed E-state index contributed by atoms with van der Waals surface area (Å²) in [6.45, 7) is 4.78. The first-order valence-corrected chi connectivity index (χ1v) is 6.17. The number of benzene rings is 1. The minimum Gasteiger partial charge on any atom is -0.492 e. The average Bonchev–Trinajstić information content (AvgIpc) is 2.29. The van der Waals surface area contributed by atoms with Crippen LogP contribution in [-0.4, -0.2) is 19.7 Å². The molecule has 1 rings (SSSR count). The molecule has 0 aliphatic heterocycles. The summed E-state index contributed by atoms with van der Waals surface area (Å²) in [5, 5.41) is 3.98. The summed E-state index contributed by atoms with van der Waals surface area (Å²) in [4.78, 5) is 0. The Labute approximate surface area is 103 Å². The molecule has 0 spiro atoms. The second-order valence-electron chi connectivity index (χ2n) is 3.80. The van der Waals surface area contributed by atoms with E-state index in [4.69, 9.17) is 16.3 Å². The van der Waals surface area contributed by atoms with Crippen LogP contribution in [0.15, 0.2) is 18.2 Å². The zero-order valence-electron chi connectivity index (χ0n) is 10.2. The normalized spacial score (nSPS) is 12.5. The molecule has 0 amide bonds. The van der Waals surface area contributed by atoms with Crippen LogP contribution in [0.2, 0.25) is 5.02 Å². The van der Waals surface area contributed by atoms with E-state index in [0.29, 0.717) is 17.7 Å². The molecule has 0 aliphatic carbocycles. The van der Waals surface area contributed by atoms with Gasteiger partial charge in [0.1, 0.15) is 5.75 Å². The minimum absolute atomic E-state index is 0.508. The molecule has 16 heavy (non-hydrogen) atoms. The Bertz CT molecular complexity index is 324. The molecule has 0 aromatic heterocycles. The van der Waals surface area contributed by atoms with Crippen molar-refractivity contribution in [3.63, 3.8) is 0 Å². The Morgan fingerprint density at radius 2 is 2.12 bits per heavy atom. The van der Waals surface area contributed by atoms with Crippen molar-refractivity contribution >= 4 is 11.6 Å². The molecular formula is C13H20ClNO. The minimum atomic E-state index is 0.508. The molecule has 0 saturated carbocycles. The van der Waals surface area contributed by atoms with Gasteiger partial charge in [0.15, 0.2) is 0 Å². The maximum absolute atomic E-state index is 6.13. The second kappa shape index (κ2) is 6.77. The molecule has 0 bridgehead atoms. The van der Waals surface area contributed by atoms with Crippen LogP contribution in [0.4, 0.5) is 0 Å². The molecule has 0 radical (unpaired) electrons. The Hall–Kier alpha value is -0.730. The number of likely N-dealkylation sites (N-methyl/N-ethyl adjacent to an activating group) is 1. The fraction of sp³-hybridized carbons (Fsp3) is 0.538. The lowest BCUT2D eigenvalue weighted by atomic mass is 10.0. The van der Waals surface area contributed by atoms with Gasteiger partial charge < -0.3 is 10.1 Å². The number of rotatable bonds is 6. The van der Waals surface area contributed by atoms with Crippen LogP contribution in [0.1, 0.15) is 25.8 Å². The van der Waals surface area contributed by atoms with Gasteiger partial charge in [-0.05, 0) is 44.5 Å². The molecule has 90 valence electrons. The van der Waals surface area contributed by atoms with Crippen molar-refractivity contribution in [3.8, 4) is 5.75 Å². The molecule has 1 unspecified atom stereocenters. The Morgan fingerprint density at radius 1 is 1.38 bits per heavy atom. The van der Waals surface area contributed by atoms with Gasteiger partial charge in [-0.25, -0.2) is 0 Å². The summed E-state index contributed by atoms with van der Waals surface area (Å²) in [6, 6.07) is 6.53. The summed E-state index contributed by atoms with van der Waals surface area (Å²) in [7, 11) is 1.99. The second-order valence-corrected chi connectivity index (χ2v) is 4.20. The van der Waals surface area contributed by atoms with E-state index in [1.165, 1.54) is 5.56 Å². The lowest BCUT2D eigenvalue weighted by Crippen LogP contribution is -2.26. The fourth-order valence-corrected chi connectivity index (χ4v) is 1.94. The van der Waals surface area contributed by atoms with E-state index in [1.54, 1.807) is 0 Å². The highest BCUT2D eigenvalue weighted by Crippen LogP contribution is 2.26. The monoisotopic (exact) mass is 241 g/mol. The highest BCUT2D eigenvalue weighted by Gasteiger charge is 2.07. The Kier molecular flexibility index (Phi) is 5.64. The predicted molar refractivity (Wildman–Crippen MR) is 69.5 cm³/mol. The van der Waals surface area contributed by atoms with Crippen LogP contribution in [0.3, 0.4) is 0 Å². The third kappa shape index (κ3) is 3.69. The van der Waals surface area contributed by atoms with Crippen molar-refractivity contribution in [2.75, 3.05) is 13.7 Å². The summed E-state index contributed by atoms with van der Waals surface area (Å²) < 4.78 is 5.40. The quantitative estimate of drug-likeness (QED) is 0.825. The van der Waals surface area contributed by atoms with E-state index < -0.39 is 0 Å². The van der Waals surface area contributed by atoms with Crippen molar-refractivity contribution < 1.29 is 4.74 Å². The van der Waals surface area contributed by atoms with Crippen LogP contribution >= 0.6 is 11.6 Å². The zero-order valence-corrected chi connectivity index (χ0v) is 11.0. The average molecular weight is 242 g/mol. The third-order valence-electron chi connectivity index (χ3n) is 2.68. The van der Waals surface area contributed by atoms with Crippen LogP contribution in [0.25, 0.3) is 0 Å². The number of halogens is 1. The number of nitrogens with one attached hydrogen (secondary N) is 1. The van der Waals surface area contributed by atoms with Crippen molar-refractivity contribution in [3.05, 3.63) is 28.8 Å². The first-order chi connectivity index (χ1) is 7.71. The molecule has 1 N–H and O–H groups in total. The van der Waals surface area contributed by atoms with E-state index in [2.05, 4.69) is 18.3 Å². The zero-order chi connectivity index (χ0) is 12.0. The van der Waals surface area contributed by atoms with Gasteiger partial charge >= 0.3 is 0 Å². The largest absolute Gasteiger partial charge is 0.492 e. The summed E-state index contributed by atoms with van der Waals surface area (Å²) in [5.74, 6) is 0.769. The predicted octanol–water partition coefficient (Wildman–Crippen LogP) is 3.28. The van der Waals surface area contributed by atoms with Crippen LogP contribution < -0.4 is 10.1 Å². The highest BCUT2D eigenvalue weighted by molar-refractivity contribution is 6.32. The number of hydrogen-bond donors (Lipinski definition) is 1. The van der Waals surface area contributed by atoms with Gasteiger partial charge in [-0.3, -0.25) is 0 Å². The molecular weight excluding hydrogens is 222 g/mol. The van der Waals surface area contributed by atoms with Gasteiger partial charge in [-0.2, -0.15) is 0 Å². The molecule has 0 saturated heterocycles. The van der Waals surface area contributed by atoms with E-state index in [-0.39, 0.29) is 0 Å². The van der Waals surface area contributed by atoms with Gasteiger partial charge in [-0.1, -0.05) is 24.6 Å². The van der Waals surface area contributed by atoms with E-state index >= 15 is 0 Å². The van der Waals surface area contributed by atoms with Crippen molar-refractivity contribution in [1.82, 2.24) is 5.32 Å². The molecule has 0 fully saturated rings. The lowest BCUT2D eigenvalue weighted by molar-refractivity contribution is 0.340. The van der Waals surface area contributed by atoms with Gasteiger partial charge in [0.2, 0.25) is 0 Å². The summed E-state index contributed by atoms with van der Waals surface area (Å²) >= 11 is 6.13. The molecule has 1 aromatic carbocycles. The standard InChI is InChI=1S/C13H20ClNO/c1-4-11(15-3)8-10-6-7-13(16-5-2)12(14)9-10/h6-7,9,11,15H,4-5,8H2,1-3H3. The first kappa shape index (κ1) is 13.3. The number of hydrogen-bond acceptors (Lipinski definition) is 2.